The number of hydrogen-bond donors (Lipinski definition) is 0. The van der Waals surface area contributed by atoms with Crippen molar-refractivity contribution >= 4 is 78.6 Å². The monoisotopic (exact) mass is 1020 g/mol. The van der Waals surface area contributed by atoms with Crippen molar-refractivity contribution in [2.24, 2.45) is 0 Å². The van der Waals surface area contributed by atoms with Crippen LogP contribution in [0.2, 0.25) is 0 Å². The summed E-state index contributed by atoms with van der Waals surface area (Å²) in [6.45, 7) is 3.48. The summed E-state index contributed by atoms with van der Waals surface area (Å²) >= 11 is 2.64. The molecular weight excluding hydrogens is 976 g/mol. The predicted octanol–water partition coefficient (Wildman–Crippen LogP) is 13.2. The fourth-order valence-corrected chi connectivity index (χ4v) is 12.9. The molecule has 0 aliphatic heterocycles. The van der Waals surface area contributed by atoms with E-state index in [0.717, 1.165) is 61.3 Å². The lowest BCUT2D eigenvalue weighted by Gasteiger charge is -2.24. The molecule has 356 valence electrons. The Hall–Kier alpha value is -6.35. The maximum atomic E-state index is 13.8. The standard InChI is InChI=1S/C25H23F3N2O3S2.C23H17F4NO3S2/c1-17-22-6-4-5-7-23(22)34-24(17)30(16-18-8-12-20(13-9-18)33-25(26,27)28)35(31,32)21-14-10-19(11-15-21)29(2)3;1-15-20-4-2-3-5-21(20)32-22(15)28(33(29,30)19-12-8-17(24)9-13-19)14-16-6-10-18(11-7-16)31-23(25,26)27/h4-15H,16H2,1-3H3;2-13H,14H2,1H3. The van der Waals surface area contributed by atoms with E-state index in [1.165, 1.54) is 79.8 Å². The summed E-state index contributed by atoms with van der Waals surface area (Å²) in [5.41, 5.74) is 3.39. The molecule has 68 heavy (non-hydrogen) atoms. The van der Waals surface area contributed by atoms with Crippen LogP contribution in [0.3, 0.4) is 0 Å². The third-order valence-corrected chi connectivity index (χ3v) is 16.7. The summed E-state index contributed by atoms with van der Waals surface area (Å²) in [7, 11) is -4.37. The second kappa shape index (κ2) is 19.7. The van der Waals surface area contributed by atoms with Crippen molar-refractivity contribution in [3.05, 3.63) is 174 Å². The third-order valence-electron chi connectivity index (χ3n) is 10.4. The molecule has 0 amide bonds. The van der Waals surface area contributed by atoms with Crippen LogP contribution in [0, 0.1) is 19.7 Å². The maximum absolute atomic E-state index is 13.8. The fourth-order valence-electron chi connectivity index (χ4n) is 7.03. The van der Waals surface area contributed by atoms with Gasteiger partial charge in [0.1, 0.15) is 27.3 Å². The molecule has 0 saturated carbocycles. The summed E-state index contributed by atoms with van der Waals surface area (Å²) in [4.78, 5) is 1.89. The Balaban J connectivity index is 0.000000202. The van der Waals surface area contributed by atoms with E-state index in [0.29, 0.717) is 21.1 Å². The van der Waals surface area contributed by atoms with Gasteiger partial charge in [0.15, 0.2) is 0 Å². The number of nitrogens with zero attached hydrogens (tertiary/aromatic N) is 3. The quantitative estimate of drug-likeness (QED) is 0.106. The fraction of sp³-hybridized carbons (Fsp3) is 0.167. The van der Waals surface area contributed by atoms with Crippen molar-refractivity contribution in [2.45, 2.75) is 49.5 Å². The first-order valence-electron chi connectivity index (χ1n) is 20.2. The smallest absolute Gasteiger partial charge is 0.406 e. The van der Waals surface area contributed by atoms with Crippen LogP contribution in [0.5, 0.6) is 11.5 Å². The zero-order valence-electron chi connectivity index (χ0n) is 36.3. The molecule has 0 fully saturated rings. The highest BCUT2D eigenvalue weighted by Crippen LogP contribution is 2.42. The second-order valence-corrected chi connectivity index (χ2v) is 21.1. The van der Waals surface area contributed by atoms with Crippen LogP contribution in [0.1, 0.15) is 22.3 Å². The molecule has 0 saturated heterocycles. The normalized spacial score (nSPS) is 12.1. The Bertz CT molecular complexity index is 3250. The Kier molecular flexibility index (Phi) is 14.4. The first kappa shape index (κ1) is 49.6. The molecule has 0 spiro atoms. The largest absolute Gasteiger partial charge is 0.573 e. The van der Waals surface area contributed by atoms with Crippen LogP contribution in [-0.4, -0.2) is 43.7 Å². The van der Waals surface area contributed by atoms with Gasteiger partial charge in [-0.3, -0.25) is 8.61 Å². The van der Waals surface area contributed by atoms with E-state index < -0.39 is 44.3 Å². The number of halogens is 7. The lowest BCUT2D eigenvalue weighted by Crippen LogP contribution is -2.30. The molecule has 20 heteroatoms. The van der Waals surface area contributed by atoms with Crippen LogP contribution in [0.25, 0.3) is 20.2 Å². The van der Waals surface area contributed by atoms with Crippen molar-refractivity contribution in [3.8, 4) is 11.5 Å². The number of sulfonamides is 2. The summed E-state index contributed by atoms with van der Waals surface area (Å²) in [6.07, 6.45) is -9.63. The van der Waals surface area contributed by atoms with Crippen molar-refractivity contribution < 1.29 is 57.0 Å². The molecule has 0 unspecified atom stereocenters. The number of anilines is 3. The van der Waals surface area contributed by atoms with E-state index in [9.17, 15) is 47.6 Å². The molecule has 8 rings (SSSR count). The number of alkyl halides is 6. The second-order valence-electron chi connectivity index (χ2n) is 15.3. The summed E-state index contributed by atoms with van der Waals surface area (Å²) in [5.74, 6) is -1.34. The number of rotatable bonds is 13. The third kappa shape index (κ3) is 11.5. The van der Waals surface area contributed by atoms with Crippen LogP contribution in [0.4, 0.5) is 46.4 Å². The molecule has 0 atom stereocenters. The number of aryl methyl sites for hydroxylation is 2. The van der Waals surface area contributed by atoms with Gasteiger partial charge in [0.05, 0.1) is 22.9 Å². The Labute approximate surface area is 395 Å². The van der Waals surface area contributed by atoms with Gasteiger partial charge >= 0.3 is 12.7 Å². The lowest BCUT2D eigenvalue weighted by molar-refractivity contribution is -0.275. The molecule has 8 aromatic rings. The van der Waals surface area contributed by atoms with Gasteiger partial charge in [-0.15, -0.1) is 49.0 Å². The Morgan fingerprint density at radius 3 is 1.19 bits per heavy atom. The van der Waals surface area contributed by atoms with Gasteiger partial charge in [0.2, 0.25) is 0 Å². The zero-order valence-corrected chi connectivity index (χ0v) is 39.6. The average molecular weight is 1020 g/mol. The van der Waals surface area contributed by atoms with Crippen LogP contribution in [0.15, 0.2) is 155 Å². The molecule has 9 nitrogen and oxygen atoms in total. The first-order valence-corrected chi connectivity index (χ1v) is 24.8. The SMILES string of the molecule is Cc1c(N(Cc2ccc(OC(F)(F)F)cc2)S(=O)(=O)c2ccc(F)cc2)sc2ccccc12.Cc1c(N(Cc2ccc(OC(F)(F)F)cc2)S(=O)(=O)c2ccc(N(C)C)cc2)sc2ccccc12. The molecule has 0 bridgehead atoms. The highest BCUT2D eigenvalue weighted by Gasteiger charge is 2.33. The molecule has 6 aromatic carbocycles. The van der Waals surface area contributed by atoms with Gasteiger partial charge in [-0.25, -0.2) is 21.2 Å². The number of fused-ring (bicyclic) bond motifs is 2. The summed E-state index contributed by atoms with van der Waals surface area (Å²) < 4.78 is 155. The van der Waals surface area contributed by atoms with Gasteiger partial charge in [0.25, 0.3) is 20.0 Å². The van der Waals surface area contributed by atoms with E-state index in [-0.39, 0.29) is 28.6 Å². The summed E-state index contributed by atoms with van der Waals surface area (Å²) in [6, 6.07) is 36.4. The van der Waals surface area contributed by atoms with Gasteiger partial charge in [0, 0.05) is 29.2 Å². The summed E-state index contributed by atoms with van der Waals surface area (Å²) in [5, 5.41) is 2.87. The van der Waals surface area contributed by atoms with Crippen LogP contribution < -0.4 is 23.0 Å². The zero-order chi connectivity index (χ0) is 49.2. The van der Waals surface area contributed by atoms with E-state index in [1.807, 2.05) is 81.4 Å². The predicted molar refractivity (Wildman–Crippen MR) is 253 cm³/mol. The molecule has 0 N–H and O–H groups in total. The van der Waals surface area contributed by atoms with E-state index in [2.05, 4.69) is 9.47 Å². The van der Waals surface area contributed by atoms with Gasteiger partial charge < -0.3 is 14.4 Å². The molecule has 2 heterocycles. The minimum atomic E-state index is -4.83. The van der Waals surface area contributed by atoms with Gasteiger partial charge in [-0.1, -0.05) is 60.7 Å². The van der Waals surface area contributed by atoms with E-state index >= 15 is 0 Å². The molecule has 0 aliphatic carbocycles. The van der Waals surface area contributed by atoms with Crippen molar-refractivity contribution in [1.29, 1.82) is 0 Å². The highest BCUT2D eigenvalue weighted by molar-refractivity contribution is 7.93. The first-order chi connectivity index (χ1) is 32.0. The topological polar surface area (TPSA) is 96.5 Å². The van der Waals surface area contributed by atoms with E-state index in [4.69, 9.17) is 0 Å². The van der Waals surface area contributed by atoms with Crippen molar-refractivity contribution in [1.82, 2.24) is 0 Å². The number of hydrogen-bond acceptors (Lipinski definition) is 9. The maximum Gasteiger partial charge on any atom is 0.573 e. The van der Waals surface area contributed by atoms with Gasteiger partial charge in [-0.05, 0) is 132 Å². The van der Waals surface area contributed by atoms with Crippen LogP contribution >= 0.6 is 22.7 Å². The number of benzene rings is 6. The average Bonchev–Trinajstić information content (AvgIpc) is 3.80. The number of thiophene rings is 2. The minimum absolute atomic E-state index is 0.0578. The van der Waals surface area contributed by atoms with Crippen LogP contribution in [-0.2, 0) is 33.1 Å². The van der Waals surface area contributed by atoms with Gasteiger partial charge in [-0.2, -0.15) is 0 Å². The molecule has 0 aliphatic rings. The Morgan fingerprint density at radius 2 is 0.853 bits per heavy atom. The Morgan fingerprint density at radius 1 is 0.500 bits per heavy atom. The minimum Gasteiger partial charge on any atom is -0.406 e. The van der Waals surface area contributed by atoms with E-state index in [1.54, 1.807) is 24.3 Å². The molecule has 0 radical (unpaired) electrons. The molecule has 2 aromatic heterocycles. The highest BCUT2D eigenvalue weighted by atomic mass is 32.2. The molecular formula is C48H40F7N3O6S4. The van der Waals surface area contributed by atoms with Crippen molar-refractivity contribution in [3.63, 3.8) is 0 Å². The van der Waals surface area contributed by atoms with Crippen molar-refractivity contribution in [2.75, 3.05) is 27.6 Å². The number of ether oxygens (including phenoxy) is 2. The lowest BCUT2D eigenvalue weighted by atomic mass is 10.2.